The predicted octanol–water partition coefficient (Wildman–Crippen LogP) is 3.25. The summed E-state index contributed by atoms with van der Waals surface area (Å²) in [6, 6.07) is 6.56. The van der Waals surface area contributed by atoms with E-state index in [0.29, 0.717) is 0 Å². The monoisotopic (exact) mass is 150 g/mol. The topological polar surface area (TPSA) is 0 Å². The number of hydrogen-bond acceptors (Lipinski definition) is 0. The fourth-order valence-electron chi connectivity index (χ4n) is 0.864. The summed E-state index contributed by atoms with van der Waals surface area (Å²) in [5.74, 6) is -0.178. The van der Waals surface area contributed by atoms with Crippen LogP contribution in [0.15, 0.2) is 30.3 Å². The van der Waals surface area contributed by atoms with Crippen molar-refractivity contribution in [3.63, 3.8) is 0 Å². The van der Waals surface area contributed by atoms with Crippen molar-refractivity contribution in [3.8, 4) is 0 Å². The Bertz CT molecular complexity index is 251. The normalized spacial score (nSPS) is 10.7. The molecule has 0 aromatic heterocycles. The fourth-order valence-corrected chi connectivity index (χ4v) is 0.864. The lowest BCUT2D eigenvalue weighted by Crippen LogP contribution is -1.74. The zero-order chi connectivity index (χ0) is 8.10. The Hall–Kier alpha value is -1.11. The number of benzene rings is 1. The second kappa shape index (κ2) is 3.91. The molecule has 0 amide bonds. The maximum absolute atomic E-state index is 12.6. The molecule has 0 aliphatic carbocycles. The van der Waals surface area contributed by atoms with E-state index in [9.17, 15) is 4.39 Å². The summed E-state index contributed by atoms with van der Waals surface area (Å²) in [7, 11) is 0. The van der Waals surface area contributed by atoms with E-state index >= 15 is 0 Å². The van der Waals surface area contributed by atoms with Gasteiger partial charge in [-0.25, -0.2) is 4.39 Å². The second-order valence-electron chi connectivity index (χ2n) is 2.37. The van der Waals surface area contributed by atoms with Crippen LogP contribution in [0.1, 0.15) is 18.9 Å². The van der Waals surface area contributed by atoms with Gasteiger partial charge in [-0.1, -0.05) is 31.2 Å². The molecular weight excluding hydrogens is 139 g/mol. The van der Waals surface area contributed by atoms with Crippen LogP contribution in [0.3, 0.4) is 0 Å². The van der Waals surface area contributed by atoms with E-state index < -0.39 is 0 Å². The van der Waals surface area contributed by atoms with E-state index in [4.69, 9.17) is 0 Å². The Morgan fingerprint density at radius 1 is 1.45 bits per heavy atom. The summed E-state index contributed by atoms with van der Waals surface area (Å²) in [5.41, 5.74) is 0.923. The third-order valence-electron chi connectivity index (χ3n) is 1.39. The van der Waals surface area contributed by atoms with E-state index in [2.05, 4.69) is 6.92 Å². The first-order valence-electron chi connectivity index (χ1n) is 3.75. The van der Waals surface area contributed by atoms with Crippen molar-refractivity contribution in [2.24, 2.45) is 0 Å². The third-order valence-corrected chi connectivity index (χ3v) is 1.39. The zero-order valence-corrected chi connectivity index (χ0v) is 6.55. The molecule has 0 aliphatic rings. The maximum Gasteiger partial charge on any atom is 0.123 e. The number of allylic oxidation sites excluding steroid dienone is 1. The van der Waals surface area contributed by atoms with E-state index in [1.54, 1.807) is 6.07 Å². The van der Waals surface area contributed by atoms with Crippen molar-refractivity contribution in [1.82, 2.24) is 0 Å². The van der Waals surface area contributed by atoms with E-state index in [1.165, 1.54) is 12.1 Å². The highest BCUT2D eigenvalue weighted by atomic mass is 19.1. The number of rotatable bonds is 2. The Morgan fingerprint density at radius 3 is 2.91 bits per heavy atom. The summed E-state index contributed by atoms with van der Waals surface area (Å²) in [4.78, 5) is 0. The van der Waals surface area contributed by atoms with Gasteiger partial charge in [0.05, 0.1) is 0 Å². The summed E-state index contributed by atoms with van der Waals surface area (Å²) in [6.45, 7) is 2.05. The molecule has 0 atom stereocenters. The summed E-state index contributed by atoms with van der Waals surface area (Å²) in [5, 5.41) is 0. The van der Waals surface area contributed by atoms with Gasteiger partial charge in [-0.05, 0) is 24.1 Å². The molecule has 0 saturated heterocycles. The first kappa shape index (κ1) is 7.99. The van der Waals surface area contributed by atoms with Crippen molar-refractivity contribution in [2.75, 3.05) is 0 Å². The maximum atomic E-state index is 12.6. The molecule has 0 aliphatic heterocycles. The Morgan fingerprint density at radius 2 is 2.27 bits per heavy atom. The molecule has 0 N–H and O–H groups in total. The lowest BCUT2D eigenvalue weighted by molar-refractivity contribution is 0.627. The minimum absolute atomic E-state index is 0.178. The second-order valence-corrected chi connectivity index (χ2v) is 2.37. The largest absolute Gasteiger partial charge is 0.207 e. The average molecular weight is 150 g/mol. The average Bonchev–Trinajstić information content (AvgIpc) is 2.01. The molecule has 0 spiro atoms. The van der Waals surface area contributed by atoms with E-state index in [1.807, 2.05) is 18.2 Å². The van der Waals surface area contributed by atoms with Gasteiger partial charge in [0.1, 0.15) is 5.82 Å². The highest BCUT2D eigenvalue weighted by molar-refractivity contribution is 5.48. The minimum Gasteiger partial charge on any atom is -0.207 e. The smallest absolute Gasteiger partial charge is 0.123 e. The summed E-state index contributed by atoms with van der Waals surface area (Å²) in [6.07, 6.45) is 4.91. The fraction of sp³-hybridized carbons (Fsp3) is 0.200. The van der Waals surface area contributed by atoms with Crippen molar-refractivity contribution < 1.29 is 4.39 Å². The Kier molecular flexibility index (Phi) is 2.84. The Balaban J connectivity index is 2.79. The van der Waals surface area contributed by atoms with Crippen LogP contribution < -0.4 is 0 Å². The van der Waals surface area contributed by atoms with Crippen molar-refractivity contribution in [3.05, 3.63) is 41.7 Å². The highest BCUT2D eigenvalue weighted by Gasteiger charge is 1.88. The molecule has 0 heterocycles. The molecule has 1 aromatic rings. The highest BCUT2D eigenvalue weighted by Crippen LogP contribution is 2.05. The standard InChI is InChI=1S/C10H11F/c1-2-3-5-9-6-4-7-10(11)8-9/h3-8H,2H2,1H3/b5-3-. The van der Waals surface area contributed by atoms with Crippen LogP contribution in [0.4, 0.5) is 4.39 Å². The summed E-state index contributed by atoms with van der Waals surface area (Å²) < 4.78 is 12.6. The molecule has 58 valence electrons. The zero-order valence-electron chi connectivity index (χ0n) is 6.55. The van der Waals surface area contributed by atoms with Gasteiger partial charge in [-0.15, -0.1) is 0 Å². The van der Waals surface area contributed by atoms with Gasteiger partial charge in [0.25, 0.3) is 0 Å². The van der Waals surface area contributed by atoms with Gasteiger partial charge in [0.15, 0.2) is 0 Å². The third kappa shape index (κ3) is 2.54. The first-order valence-corrected chi connectivity index (χ1v) is 3.75. The number of hydrogen-bond donors (Lipinski definition) is 0. The van der Waals surface area contributed by atoms with Crippen LogP contribution in [-0.2, 0) is 0 Å². The van der Waals surface area contributed by atoms with Crippen molar-refractivity contribution in [1.29, 1.82) is 0 Å². The number of halogens is 1. The van der Waals surface area contributed by atoms with Gasteiger partial charge >= 0.3 is 0 Å². The lowest BCUT2D eigenvalue weighted by Gasteiger charge is -1.91. The van der Waals surface area contributed by atoms with E-state index in [0.717, 1.165) is 12.0 Å². The Labute approximate surface area is 66.4 Å². The molecule has 0 saturated carbocycles. The molecule has 1 rings (SSSR count). The van der Waals surface area contributed by atoms with Crippen molar-refractivity contribution >= 4 is 6.08 Å². The van der Waals surface area contributed by atoms with Crippen molar-refractivity contribution in [2.45, 2.75) is 13.3 Å². The SMILES string of the molecule is CC/C=C\c1cccc(F)c1. The van der Waals surface area contributed by atoms with Crippen LogP contribution in [0.5, 0.6) is 0 Å². The molecule has 1 heteroatoms. The molecular formula is C10H11F. The predicted molar refractivity (Wildman–Crippen MR) is 45.7 cm³/mol. The van der Waals surface area contributed by atoms with E-state index in [-0.39, 0.29) is 5.82 Å². The molecule has 1 aromatic carbocycles. The van der Waals surface area contributed by atoms with Crippen LogP contribution in [0, 0.1) is 5.82 Å². The first-order chi connectivity index (χ1) is 5.33. The van der Waals surface area contributed by atoms with Gasteiger partial charge in [-0.3, -0.25) is 0 Å². The van der Waals surface area contributed by atoms with Gasteiger partial charge in [0.2, 0.25) is 0 Å². The molecule has 0 bridgehead atoms. The quantitative estimate of drug-likeness (QED) is 0.607. The van der Waals surface area contributed by atoms with Crippen LogP contribution in [0.25, 0.3) is 6.08 Å². The molecule has 0 radical (unpaired) electrons. The molecule has 0 nitrogen and oxygen atoms in total. The minimum atomic E-state index is -0.178. The van der Waals surface area contributed by atoms with Gasteiger partial charge in [-0.2, -0.15) is 0 Å². The van der Waals surface area contributed by atoms with Crippen LogP contribution in [-0.4, -0.2) is 0 Å². The van der Waals surface area contributed by atoms with Gasteiger partial charge < -0.3 is 0 Å². The molecule has 0 fully saturated rings. The molecule has 0 unspecified atom stereocenters. The summed E-state index contributed by atoms with van der Waals surface area (Å²) >= 11 is 0. The van der Waals surface area contributed by atoms with Crippen LogP contribution in [0.2, 0.25) is 0 Å². The van der Waals surface area contributed by atoms with Crippen LogP contribution >= 0.6 is 0 Å². The lowest BCUT2D eigenvalue weighted by atomic mass is 10.2. The van der Waals surface area contributed by atoms with Gasteiger partial charge in [0, 0.05) is 0 Å². The molecule has 11 heavy (non-hydrogen) atoms.